The molecule has 30 heavy (non-hydrogen) atoms. The largest absolute Gasteiger partial charge is 0.411 e. The standard InChI is InChI=1S/C19H25F3N6O2/c1-14-23-17(26-25-14)15-4-2-5-16(12-15)24-18(29)28-9-7-27(8-10-28)6-3-11-30-13-19(20,21)22/h2,4-5,12H,3,6-11,13H2,1H3,(H,24,29)(H,23,25,26). The highest BCUT2D eigenvalue weighted by Gasteiger charge is 2.27. The monoisotopic (exact) mass is 426 g/mol. The molecule has 8 nitrogen and oxygen atoms in total. The number of aromatic nitrogens is 3. The fourth-order valence-corrected chi connectivity index (χ4v) is 3.16. The van der Waals surface area contributed by atoms with Gasteiger partial charge in [0.2, 0.25) is 0 Å². The van der Waals surface area contributed by atoms with Crippen LogP contribution in [-0.2, 0) is 4.74 Å². The van der Waals surface area contributed by atoms with Crippen molar-refractivity contribution in [3.8, 4) is 11.4 Å². The van der Waals surface area contributed by atoms with E-state index in [0.717, 1.165) is 5.56 Å². The molecule has 3 rings (SSSR count). The van der Waals surface area contributed by atoms with E-state index in [-0.39, 0.29) is 12.6 Å². The Morgan fingerprint density at radius 3 is 2.70 bits per heavy atom. The second-order valence-electron chi connectivity index (χ2n) is 7.11. The van der Waals surface area contributed by atoms with Gasteiger partial charge in [-0.25, -0.2) is 9.78 Å². The second-order valence-corrected chi connectivity index (χ2v) is 7.11. The van der Waals surface area contributed by atoms with Gasteiger partial charge in [0.15, 0.2) is 5.82 Å². The molecule has 2 heterocycles. The maximum absolute atomic E-state index is 12.6. The summed E-state index contributed by atoms with van der Waals surface area (Å²) in [5.41, 5.74) is 1.46. The lowest BCUT2D eigenvalue weighted by Crippen LogP contribution is -2.50. The van der Waals surface area contributed by atoms with E-state index < -0.39 is 12.8 Å². The van der Waals surface area contributed by atoms with E-state index in [1.54, 1.807) is 11.0 Å². The molecule has 11 heteroatoms. The number of aryl methyl sites for hydroxylation is 1. The lowest BCUT2D eigenvalue weighted by atomic mass is 10.2. The number of urea groups is 1. The highest BCUT2D eigenvalue weighted by Crippen LogP contribution is 2.20. The zero-order valence-electron chi connectivity index (χ0n) is 16.7. The Balaban J connectivity index is 1.40. The number of nitrogens with one attached hydrogen (secondary N) is 2. The number of amides is 2. The van der Waals surface area contributed by atoms with Crippen molar-refractivity contribution in [2.24, 2.45) is 0 Å². The smallest absolute Gasteiger partial charge is 0.372 e. The molecule has 0 spiro atoms. The fraction of sp³-hybridized carbons (Fsp3) is 0.526. The van der Waals surface area contributed by atoms with Crippen LogP contribution in [-0.4, -0.2) is 83.1 Å². The van der Waals surface area contributed by atoms with E-state index in [1.807, 2.05) is 25.1 Å². The molecular weight excluding hydrogens is 401 g/mol. The number of hydrogen-bond acceptors (Lipinski definition) is 5. The lowest BCUT2D eigenvalue weighted by Gasteiger charge is -2.34. The first-order chi connectivity index (χ1) is 14.3. The summed E-state index contributed by atoms with van der Waals surface area (Å²) in [6, 6.07) is 7.13. The summed E-state index contributed by atoms with van der Waals surface area (Å²) in [5.74, 6) is 1.28. The normalized spacial score (nSPS) is 15.4. The highest BCUT2D eigenvalue weighted by atomic mass is 19.4. The molecule has 2 aromatic rings. The van der Waals surface area contributed by atoms with Crippen molar-refractivity contribution in [1.29, 1.82) is 0 Å². The van der Waals surface area contributed by atoms with Gasteiger partial charge in [-0.3, -0.25) is 10.00 Å². The molecule has 1 aliphatic rings. The molecule has 1 aromatic heterocycles. The average molecular weight is 426 g/mol. The number of benzene rings is 1. The Kier molecular flexibility index (Phi) is 7.27. The first-order valence-electron chi connectivity index (χ1n) is 9.72. The van der Waals surface area contributed by atoms with E-state index in [4.69, 9.17) is 0 Å². The third-order valence-electron chi connectivity index (χ3n) is 4.66. The minimum Gasteiger partial charge on any atom is -0.372 e. The van der Waals surface area contributed by atoms with Crippen LogP contribution in [0.25, 0.3) is 11.4 Å². The molecule has 1 fully saturated rings. The molecule has 2 N–H and O–H groups in total. The highest BCUT2D eigenvalue weighted by molar-refractivity contribution is 5.90. The van der Waals surface area contributed by atoms with Gasteiger partial charge >= 0.3 is 12.2 Å². The summed E-state index contributed by atoms with van der Waals surface area (Å²) in [5, 5.41) is 9.81. The summed E-state index contributed by atoms with van der Waals surface area (Å²) in [7, 11) is 0. The first-order valence-corrected chi connectivity index (χ1v) is 9.72. The zero-order chi connectivity index (χ0) is 21.6. The first kappa shape index (κ1) is 22.0. The molecule has 0 bridgehead atoms. The number of halogens is 3. The summed E-state index contributed by atoms with van der Waals surface area (Å²) in [6.45, 7) is 3.76. The zero-order valence-corrected chi connectivity index (χ0v) is 16.7. The van der Waals surface area contributed by atoms with Crippen LogP contribution in [0.5, 0.6) is 0 Å². The van der Waals surface area contributed by atoms with Gasteiger partial charge in [0.25, 0.3) is 0 Å². The van der Waals surface area contributed by atoms with Gasteiger partial charge in [0.05, 0.1) is 0 Å². The van der Waals surface area contributed by atoms with Crippen molar-refractivity contribution in [1.82, 2.24) is 25.0 Å². The van der Waals surface area contributed by atoms with Crippen molar-refractivity contribution in [3.05, 3.63) is 30.1 Å². The van der Waals surface area contributed by atoms with E-state index in [2.05, 4.69) is 30.1 Å². The van der Waals surface area contributed by atoms with Crippen LogP contribution in [0, 0.1) is 6.92 Å². The number of carbonyl (C=O) groups is 1. The average Bonchev–Trinajstić information content (AvgIpc) is 3.14. The maximum Gasteiger partial charge on any atom is 0.411 e. The summed E-state index contributed by atoms with van der Waals surface area (Å²) >= 11 is 0. The lowest BCUT2D eigenvalue weighted by molar-refractivity contribution is -0.174. The van der Waals surface area contributed by atoms with E-state index in [9.17, 15) is 18.0 Å². The number of H-pyrrole nitrogens is 1. The number of ether oxygens (including phenoxy) is 1. The minimum absolute atomic E-state index is 0.0704. The predicted octanol–water partition coefficient (Wildman–Crippen LogP) is 2.90. The summed E-state index contributed by atoms with van der Waals surface area (Å²) in [6.07, 6.45) is -3.76. The SMILES string of the molecule is Cc1nc(-c2cccc(NC(=O)N3CCN(CCCOCC(F)(F)F)CC3)c2)n[nH]1. The van der Waals surface area contributed by atoms with Crippen molar-refractivity contribution >= 4 is 11.7 Å². The molecule has 0 radical (unpaired) electrons. The molecule has 0 aliphatic carbocycles. The quantitative estimate of drug-likeness (QED) is 0.665. The number of nitrogens with zero attached hydrogens (tertiary/aromatic N) is 4. The number of rotatable bonds is 7. The van der Waals surface area contributed by atoms with Gasteiger partial charge < -0.3 is 15.0 Å². The summed E-state index contributed by atoms with van der Waals surface area (Å²) < 4.78 is 40.7. The molecular formula is C19H25F3N6O2. The van der Waals surface area contributed by atoms with Gasteiger partial charge in [-0.05, 0) is 25.5 Å². The second kappa shape index (κ2) is 9.90. The maximum atomic E-state index is 12.6. The Hall–Kier alpha value is -2.66. The molecule has 0 atom stereocenters. The van der Waals surface area contributed by atoms with Gasteiger partial charge in [-0.15, -0.1) is 0 Å². The van der Waals surface area contributed by atoms with Crippen LogP contribution < -0.4 is 5.32 Å². The number of alkyl halides is 3. The van der Waals surface area contributed by atoms with Crippen molar-refractivity contribution in [3.63, 3.8) is 0 Å². The Morgan fingerprint density at radius 2 is 2.03 bits per heavy atom. The van der Waals surface area contributed by atoms with Crippen LogP contribution in [0.4, 0.5) is 23.7 Å². The third-order valence-corrected chi connectivity index (χ3v) is 4.66. The van der Waals surface area contributed by atoms with E-state index >= 15 is 0 Å². The van der Waals surface area contributed by atoms with Gasteiger partial charge in [-0.2, -0.15) is 18.3 Å². The van der Waals surface area contributed by atoms with Crippen LogP contribution in [0.2, 0.25) is 0 Å². The molecule has 1 aromatic carbocycles. The Labute approximate surface area is 172 Å². The minimum atomic E-state index is -4.29. The van der Waals surface area contributed by atoms with Crippen molar-refractivity contribution in [2.45, 2.75) is 19.5 Å². The Bertz CT molecular complexity index is 834. The molecule has 164 valence electrons. The number of hydrogen-bond donors (Lipinski definition) is 2. The van der Waals surface area contributed by atoms with Crippen molar-refractivity contribution < 1.29 is 22.7 Å². The van der Waals surface area contributed by atoms with E-state index in [1.165, 1.54) is 0 Å². The summed E-state index contributed by atoms with van der Waals surface area (Å²) in [4.78, 5) is 20.7. The van der Waals surface area contributed by atoms with Crippen LogP contribution in [0.1, 0.15) is 12.2 Å². The molecule has 1 saturated heterocycles. The molecule has 0 saturated carbocycles. The molecule has 2 amide bonds. The number of carbonyl (C=O) groups excluding carboxylic acids is 1. The van der Waals surface area contributed by atoms with Gasteiger partial charge in [-0.1, -0.05) is 12.1 Å². The van der Waals surface area contributed by atoms with Gasteiger partial charge in [0.1, 0.15) is 12.4 Å². The predicted molar refractivity (Wildman–Crippen MR) is 105 cm³/mol. The van der Waals surface area contributed by atoms with Crippen LogP contribution in [0.3, 0.4) is 0 Å². The van der Waals surface area contributed by atoms with Crippen molar-refractivity contribution in [2.75, 3.05) is 51.3 Å². The van der Waals surface area contributed by atoms with Crippen LogP contribution >= 0.6 is 0 Å². The van der Waals surface area contributed by atoms with E-state index in [0.29, 0.717) is 56.5 Å². The third kappa shape index (κ3) is 6.70. The fourth-order valence-electron chi connectivity index (χ4n) is 3.16. The molecule has 1 aliphatic heterocycles. The number of anilines is 1. The van der Waals surface area contributed by atoms with Crippen LogP contribution in [0.15, 0.2) is 24.3 Å². The number of piperazine rings is 1. The topological polar surface area (TPSA) is 86.4 Å². The van der Waals surface area contributed by atoms with Gasteiger partial charge in [0, 0.05) is 50.6 Å². The molecule has 0 unspecified atom stereocenters. The number of aromatic amines is 1. The Morgan fingerprint density at radius 1 is 1.27 bits per heavy atom.